The molecule has 4 aromatic heterocycles. The van der Waals surface area contributed by atoms with Crippen LogP contribution in [0.1, 0.15) is 33.9 Å². The maximum atomic E-state index is 4.54. The monoisotopic (exact) mass is 500 g/mol. The highest BCUT2D eigenvalue weighted by atomic mass is 15.1. The zero-order valence-electron chi connectivity index (χ0n) is 21.5. The Kier molecular flexibility index (Phi) is 8.91. The highest BCUT2D eigenvalue weighted by Gasteiger charge is 2.12. The molecule has 190 valence electrons. The Morgan fingerprint density at radius 3 is 0.868 bits per heavy atom. The highest BCUT2D eigenvalue weighted by Crippen LogP contribution is 2.16. The average Bonchev–Trinajstić information content (AvgIpc) is 2.96. The number of nitrogens with zero attached hydrogens (tertiary/aromatic N) is 6. The Morgan fingerprint density at radius 1 is 0.342 bits per heavy atom. The van der Waals surface area contributed by atoms with Crippen molar-refractivity contribution >= 4 is 0 Å². The van der Waals surface area contributed by atoms with Gasteiger partial charge in [0.2, 0.25) is 0 Å². The van der Waals surface area contributed by atoms with Gasteiger partial charge in [-0.15, -0.1) is 0 Å². The Hall–Kier alpha value is -4.26. The lowest BCUT2D eigenvalue weighted by atomic mass is 10.1. The van der Waals surface area contributed by atoms with Gasteiger partial charge >= 0.3 is 0 Å². The average molecular weight is 501 g/mol. The van der Waals surface area contributed by atoms with E-state index in [9.17, 15) is 0 Å². The minimum Gasteiger partial charge on any atom is -0.287 e. The number of hydrogen-bond acceptors (Lipinski definition) is 6. The third-order valence-corrected chi connectivity index (χ3v) is 6.28. The van der Waals surface area contributed by atoms with Gasteiger partial charge in [-0.05, 0) is 59.7 Å². The van der Waals surface area contributed by atoms with Crippen molar-refractivity contribution in [3.63, 3.8) is 0 Å². The molecule has 0 aliphatic carbocycles. The molecule has 0 saturated carbocycles. The molecule has 6 nitrogen and oxygen atoms in total. The van der Waals surface area contributed by atoms with Gasteiger partial charge in [-0.2, -0.15) is 0 Å². The molecule has 0 radical (unpaired) electrons. The summed E-state index contributed by atoms with van der Waals surface area (Å²) in [6.45, 7) is 4.70. The van der Waals surface area contributed by atoms with Crippen LogP contribution in [0.25, 0.3) is 0 Å². The number of rotatable bonds is 12. The van der Waals surface area contributed by atoms with E-state index in [0.29, 0.717) is 0 Å². The summed E-state index contributed by atoms with van der Waals surface area (Å²) in [5.74, 6) is 0. The first-order valence-electron chi connectivity index (χ1n) is 12.9. The molecule has 0 unspecified atom stereocenters. The fourth-order valence-electron chi connectivity index (χ4n) is 4.48. The van der Waals surface area contributed by atoms with Crippen LogP contribution in [0.2, 0.25) is 0 Å². The molecule has 5 aromatic rings. The fraction of sp³-hybridized carbons (Fsp3) is 0.188. The quantitative estimate of drug-likeness (QED) is 0.220. The van der Waals surface area contributed by atoms with Crippen molar-refractivity contribution in [3.05, 3.63) is 156 Å². The Balaban J connectivity index is 1.28. The number of hydrogen-bond donors (Lipinski definition) is 0. The van der Waals surface area contributed by atoms with Crippen LogP contribution in [0.3, 0.4) is 0 Å². The number of pyridine rings is 4. The van der Waals surface area contributed by atoms with E-state index in [1.54, 1.807) is 0 Å². The normalized spacial score (nSPS) is 11.2. The summed E-state index contributed by atoms with van der Waals surface area (Å²) in [6.07, 6.45) is 7.41. The van der Waals surface area contributed by atoms with Crippen molar-refractivity contribution in [1.29, 1.82) is 0 Å². The molecule has 38 heavy (non-hydrogen) atoms. The first-order valence-corrected chi connectivity index (χ1v) is 12.9. The van der Waals surface area contributed by atoms with Crippen LogP contribution >= 0.6 is 0 Å². The Bertz CT molecular complexity index is 1160. The van der Waals surface area contributed by atoms with E-state index >= 15 is 0 Å². The van der Waals surface area contributed by atoms with Gasteiger partial charge in [0, 0.05) is 64.1 Å². The van der Waals surface area contributed by atoms with E-state index in [0.717, 1.165) is 62.0 Å². The molecule has 0 amide bonds. The molecule has 0 aliphatic heterocycles. The third kappa shape index (κ3) is 7.87. The fourth-order valence-corrected chi connectivity index (χ4v) is 4.48. The highest BCUT2D eigenvalue weighted by molar-refractivity contribution is 5.23. The first-order chi connectivity index (χ1) is 18.8. The van der Waals surface area contributed by atoms with Gasteiger partial charge in [-0.1, -0.05) is 48.5 Å². The number of aromatic nitrogens is 4. The van der Waals surface area contributed by atoms with E-state index in [2.05, 4.69) is 78.3 Å². The second kappa shape index (κ2) is 13.3. The summed E-state index contributed by atoms with van der Waals surface area (Å²) >= 11 is 0. The van der Waals surface area contributed by atoms with Crippen molar-refractivity contribution in [3.8, 4) is 0 Å². The van der Waals surface area contributed by atoms with Crippen molar-refractivity contribution in [1.82, 2.24) is 29.7 Å². The van der Waals surface area contributed by atoms with Crippen LogP contribution in [0.5, 0.6) is 0 Å². The van der Waals surface area contributed by atoms with Gasteiger partial charge in [0.15, 0.2) is 0 Å². The molecule has 0 N–H and O–H groups in total. The lowest BCUT2D eigenvalue weighted by Crippen LogP contribution is -2.24. The van der Waals surface area contributed by atoms with Crippen molar-refractivity contribution in [2.45, 2.75) is 39.3 Å². The van der Waals surface area contributed by atoms with Crippen molar-refractivity contribution in [2.75, 3.05) is 0 Å². The van der Waals surface area contributed by atoms with E-state index in [1.807, 2.05) is 73.3 Å². The van der Waals surface area contributed by atoms with Crippen molar-refractivity contribution in [2.24, 2.45) is 0 Å². The summed E-state index contributed by atoms with van der Waals surface area (Å²) in [5.41, 5.74) is 6.75. The molecule has 4 heterocycles. The zero-order chi connectivity index (χ0) is 25.8. The van der Waals surface area contributed by atoms with Gasteiger partial charge in [-0.25, -0.2) is 0 Å². The standard InChI is InChI=1S/C32H32N6/c1-5-17-33-29(9-1)23-37(24-30-10-2-6-18-34-30)21-27-13-15-28(16-14-27)22-38(25-31-11-3-7-19-35-31)26-32-12-4-8-20-36-32/h1-20H,21-26H2. The van der Waals surface area contributed by atoms with Crippen LogP contribution in [0.4, 0.5) is 0 Å². The Labute approximate surface area is 224 Å². The van der Waals surface area contributed by atoms with E-state index in [4.69, 9.17) is 0 Å². The minimum absolute atomic E-state index is 0.765. The summed E-state index contributed by atoms with van der Waals surface area (Å²) < 4.78 is 0. The van der Waals surface area contributed by atoms with Gasteiger partial charge in [-0.3, -0.25) is 29.7 Å². The summed E-state index contributed by atoms with van der Waals surface area (Å²) in [5, 5.41) is 0. The maximum absolute atomic E-state index is 4.54. The van der Waals surface area contributed by atoms with Crippen LogP contribution in [0, 0.1) is 0 Å². The van der Waals surface area contributed by atoms with E-state index in [1.165, 1.54) is 11.1 Å². The van der Waals surface area contributed by atoms with Gasteiger partial charge in [0.25, 0.3) is 0 Å². The van der Waals surface area contributed by atoms with Gasteiger partial charge in [0.05, 0.1) is 22.8 Å². The summed E-state index contributed by atoms with van der Waals surface area (Å²) in [7, 11) is 0. The second-order valence-corrected chi connectivity index (χ2v) is 9.39. The summed E-state index contributed by atoms with van der Waals surface area (Å²) in [6, 6.07) is 33.2. The van der Waals surface area contributed by atoms with Crippen LogP contribution < -0.4 is 0 Å². The SMILES string of the molecule is c1ccc(CN(Cc2ccc(CN(Cc3ccccn3)Cc3ccccn3)cc2)Cc2ccccn2)nc1. The molecule has 1 aromatic carbocycles. The largest absolute Gasteiger partial charge is 0.287 e. The predicted octanol–water partition coefficient (Wildman–Crippen LogP) is 5.67. The molecule has 0 bridgehead atoms. The molecule has 0 spiro atoms. The lowest BCUT2D eigenvalue weighted by molar-refractivity contribution is 0.239. The predicted molar refractivity (Wildman–Crippen MR) is 149 cm³/mol. The van der Waals surface area contributed by atoms with Crippen LogP contribution in [-0.4, -0.2) is 29.7 Å². The molecule has 6 heteroatoms. The molecular weight excluding hydrogens is 468 g/mol. The van der Waals surface area contributed by atoms with Gasteiger partial charge in [0.1, 0.15) is 0 Å². The first kappa shape index (κ1) is 25.4. The van der Waals surface area contributed by atoms with Gasteiger partial charge < -0.3 is 0 Å². The molecule has 5 rings (SSSR count). The smallest absolute Gasteiger partial charge is 0.0544 e. The van der Waals surface area contributed by atoms with Crippen LogP contribution in [-0.2, 0) is 39.3 Å². The second-order valence-electron chi connectivity index (χ2n) is 9.39. The van der Waals surface area contributed by atoms with E-state index in [-0.39, 0.29) is 0 Å². The molecule has 0 atom stereocenters. The third-order valence-electron chi connectivity index (χ3n) is 6.28. The zero-order valence-corrected chi connectivity index (χ0v) is 21.5. The molecule has 0 fully saturated rings. The molecular formula is C32H32N6. The topological polar surface area (TPSA) is 58.0 Å². The molecule has 0 saturated heterocycles. The number of benzene rings is 1. The maximum Gasteiger partial charge on any atom is 0.0544 e. The van der Waals surface area contributed by atoms with Crippen molar-refractivity contribution < 1.29 is 0 Å². The summed E-state index contributed by atoms with van der Waals surface area (Å²) in [4.78, 5) is 22.9. The minimum atomic E-state index is 0.765. The molecule has 0 aliphatic rings. The Morgan fingerprint density at radius 2 is 0.632 bits per heavy atom. The lowest BCUT2D eigenvalue weighted by Gasteiger charge is -2.23. The van der Waals surface area contributed by atoms with E-state index < -0.39 is 0 Å². The van der Waals surface area contributed by atoms with Crippen LogP contribution in [0.15, 0.2) is 122 Å².